The third-order valence-corrected chi connectivity index (χ3v) is 5.20. The molecular formula is C24H19F3N2O2. The van der Waals surface area contributed by atoms with Gasteiger partial charge in [-0.1, -0.05) is 30.3 Å². The quantitative estimate of drug-likeness (QED) is 0.599. The van der Waals surface area contributed by atoms with Gasteiger partial charge in [0.15, 0.2) is 0 Å². The molecule has 0 unspecified atom stereocenters. The number of aryl methyl sites for hydroxylation is 1. The van der Waals surface area contributed by atoms with Crippen molar-refractivity contribution in [3.63, 3.8) is 0 Å². The van der Waals surface area contributed by atoms with Crippen molar-refractivity contribution in [2.24, 2.45) is 0 Å². The number of anilines is 2. The van der Waals surface area contributed by atoms with E-state index >= 15 is 0 Å². The molecule has 0 saturated heterocycles. The molecule has 0 aliphatic carbocycles. The second kappa shape index (κ2) is 8.26. The summed E-state index contributed by atoms with van der Waals surface area (Å²) >= 11 is 0. The van der Waals surface area contributed by atoms with Gasteiger partial charge in [-0.3, -0.25) is 9.59 Å². The summed E-state index contributed by atoms with van der Waals surface area (Å²) in [5.41, 5.74) is 1.15. The van der Waals surface area contributed by atoms with Crippen molar-refractivity contribution in [3.8, 4) is 0 Å². The van der Waals surface area contributed by atoms with Crippen LogP contribution < -0.4 is 10.2 Å². The fourth-order valence-electron chi connectivity index (χ4n) is 3.75. The summed E-state index contributed by atoms with van der Waals surface area (Å²) in [7, 11) is 0. The van der Waals surface area contributed by atoms with Crippen molar-refractivity contribution >= 4 is 23.2 Å². The number of nitrogens with zero attached hydrogens (tertiary/aromatic N) is 1. The summed E-state index contributed by atoms with van der Waals surface area (Å²) in [6.07, 6.45) is -3.17. The van der Waals surface area contributed by atoms with Crippen LogP contribution in [0, 0.1) is 0 Å². The maximum absolute atomic E-state index is 13.2. The molecule has 0 saturated carbocycles. The lowest BCUT2D eigenvalue weighted by molar-refractivity contribution is -0.137. The highest BCUT2D eigenvalue weighted by atomic mass is 19.4. The van der Waals surface area contributed by atoms with Crippen LogP contribution in [0.25, 0.3) is 0 Å². The highest BCUT2D eigenvalue weighted by Gasteiger charge is 2.35. The molecule has 1 aliphatic rings. The van der Waals surface area contributed by atoms with Gasteiger partial charge in [0.1, 0.15) is 0 Å². The molecule has 0 fully saturated rings. The number of hydrogen-bond acceptors (Lipinski definition) is 2. The van der Waals surface area contributed by atoms with Gasteiger partial charge < -0.3 is 10.2 Å². The topological polar surface area (TPSA) is 49.4 Å². The monoisotopic (exact) mass is 424 g/mol. The first kappa shape index (κ1) is 20.7. The van der Waals surface area contributed by atoms with Crippen LogP contribution >= 0.6 is 0 Å². The van der Waals surface area contributed by atoms with Crippen LogP contribution in [0.1, 0.15) is 38.3 Å². The van der Waals surface area contributed by atoms with Gasteiger partial charge in [-0.25, -0.2) is 0 Å². The Hall–Kier alpha value is -3.61. The molecular weight excluding hydrogens is 405 g/mol. The lowest BCUT2D eigenvalue weighted by Gasteiger charge is -2.30. The number of fused-ring (bicyclic) bond motifs is 1. The number of alkyl halides is 3. The molecule has 3 aromatic carbocycles. The van der Waals surface area contributed by atoms with Crippen LogP contribution in [0.2, 0.25) is 0 Å². The van der Waals surface area contributed by atoms with Crippen molar-refractivity contribution < 1.29 is 22.8 Å². The van der Waals surface area contributed by atoms with Crippen LogP contribution in [0.15, 0.2) is 72.8 Å². The lowest BCUT2D eigenvalue weighted by atomic mass is 9.99. The van der Waals surface area contributed by atoms with Gasteiger partial charge in [0.2, 0.25) is 0 Å². The van der Waals surface area contributed by atoms with E-state index in [0.29, 0.717) is 24.2 Å². The Bertz CT molecular complexity index is 1130. The third kappa shape index (κ3) is 4.30. The van der Waals surface area contributed by atoms with Crippen LogP contribution in [-0.4, -0.2) is 18.4 Å². The highest BCUT2D eigenvalue weighted by molar-refractivity contribution is 6.08. The molecule has 1 aliphatic heterocycles. The first-order valence-electron chi connectivity index (χ1n) is 9.82. The zero-order valence-electron chi connectivity index (χ0n) is 16.4. The van der Waals surface area contributed by atoms with Gasteiger partial charge in [-0.15, -0.1) is 0 Å². The van der Waals surface area contributed by atoms with E-state index in [2.05, 4.69) is 5.32 Å². The summed E-state index contributed by atoms with van der Waals surface area (Å²) in [5, 5.41) is 2.55. The fraction of sp³-hybridized carbons (Fsp3) is 0.167. The van der Waals surface area contributed by atoms with E-state index in [0.717, 1.165) is 29.8 Å². The highest BCUT2D eigenvalue weighted by Crippen LogP contribution is 2.33. The number of benzene rings is 3. The molecule has 158 valence electrons. The largest absolute Gasteiger partial charge is 0.417 e. The van der Waals surface area contributed by atoms with E-state index in [9.17, 15) is 22.8 Å². The summed E-state index contributed by atoms with van der Waals surface area (Å²) in [6.45, 7) is 0.575. The Kier molecular flexibility index (Phi) is 5.50. The normalized spacial score (nSPS) is 13.5. The number of carbonyl (C=O) groups is 2. The van der Waals surface area contributed by atoms with E-state index in [1.165, 1.54) is 12.1 Å². The zero-order chi connectivity index (χ0) is 22.0. The minimum absolute atomic E-state index is 0.113. The average Bonchev–Trinajstić information content (AvgIpc) is 2.78. The molecule has 31 heavy (non-hydrogen) atoms. The van der Waals surface area contributed by atoms with Gasteiger partial charge >= 0.3 is 6.18 Å². The van der Waals surface area contributed by atoms with Gasteiger partial charge in [0, 0.05) is 23.5 Å². The molecule has 4 rings (SSSR count). The molecule has 0 aromatic heterocycles. The number of carbonyl (C=O) groups excluding carboxylic acids is 2. The van der Waals surface area contributed by atoms with Crippen molar-refractivity contribution in [2.75, 3.05) is 16.8 Å². The molecule has 1 heterocycles. The van der Waals surface area contributed by atoms with Gasteiger partial charge in [-0.2, -0.15) is 13.2 Å². The minimum atomic E-state index is -4.62. The molecule has 7 heteroatoms. The lowest BCUT2D eigenvalue weighted by Crippen LogP contribution is -2.35. The second-order valence-electron chi connectivity index (χ2n) is 7.27. The Morgan fingerprint density at radius 3 is 2.35 bits per heavy atom. The summed E-state index contributed by atoms with van der Waals surface area (Å²) in [6, 6.07) is 18.7. The van der Waals surface area contributed by atoms with Crippen LogP contribution in [0.5, 0.6) is 0 Å². The maximum Gasteiger partial charge on any atom is 0.417 e. The third-order valence-electron chi connectivity index (χ3n) is 5.20. The van der Waals surface area contributed by atoms with E-state index < -0.39 is 23.2 Å². The van der Waals surface area contributed by atoms with Crippen molar-refractivity contribution in [3.05, 3.63) is 95.1 Å². The number of nitrogens with one attached hydrogen (secondary N) is 1. The molecule has 2 amide bonds. The maximum atomic E-state index is 13.2. The van der Waals surface area contributed by atoms with Crippen molar-refractivity contribution in [2.45, 2.75) is 19.0 Å². The predicted molar refractivity (Wildman–Crippen MR) is 112 cm³/mol. The van der Waals surface area contributed by atoms with Gasteiger partial charge in [-0.05, 0) is 60.9 Å². The van der Waals surface area contributed by atoms with Crippen LogP contribution in [-0.2, 0) is 12.6 Å². The molecule has 1 N–H and O–H groups in total. The average molecular weight is 424 g/mol. The zero-order valence-corrected chi connectivity index (χ0v) is 16.4. The van der Waals surface area contributed by atoms with E-state index in [-0.39, 0.29) is 5.91 Å². The summed E-state index contributed by atoms with van der Waals surface area (Å²) < 4.78 is 39.6. The smallest absolute Gasteiger partial charge is 0.322 e. The molecule has 0 spiro atoms. The number of halogens is 3. The first-order chi connectivity index (χ1) is 14.8. The van der Waals surface area contributed by atoms with Crippen LogP contribution in [0.4, 0.5) is 24.5 Å². The molecule has 3 aromatic rings. The Morgan fingerprint density at radius 2 is 1.61 bits per heavy atom. The van der Waals surface area contributed by atoms with Crippen molar-refractivity contribution in [1.29, 1.82) is 0 Å². The molecule has 4 nitrogen and oxygen atoms in total. The van der Waals surface area contributed by atoms with Gasteiger partial charge in [0.25, 0.3) is 11.8 Å². The van der Waals surface area contributed by atoms with Crippen molar-refractivity contribution in [1.82, 2.24) is 0 Å². The number of rotatable bonds is 3. The summed E-state index contributed by atoms with van der Waals surface area (Å²) in [5.74, 6) is -0.946. The van der Waals surface area contributed by atoms with Gasteiger partial charge in [0.05, 0.1) is 11.1 Å². The Morgan fingerprint density at radius 1 is 0.903 bits per heavy atom. The Balaban J connectivity index is 1.58. The Labute approximate surface area is 177 Å². The first-order valence-corrected chi connectivity index (χ1v) is 9.82. The number of amides is 2. The second-order valence-corrected chi connectivity index (χ2v) is 7.27. The molecule has 0 atom stereocenters. The summed E-state index contributed by atoms with van der Waals surface area (Å²) in [4.78, 5) is 27.1. The standard InChI is InChI=1S/C24H19F3N2O2/c25-24(26,27)20-11-5-4-10-19(20)22(30)28-18-12-13-21-17(15-18)9-6-14-29(21)23(31)16-7-2-1-3-8-16/h1-5,7-8,10-13,15H,6,9,14H2,(H,28,30). The minimum Gasteiger partial charge on any atom is -0.322 e. The van der Waals surface area contributed by atoms with Crippen LogP contribution in [0.3, 0.4) is 0 Å². The predicted octanol–water partition coefficient (Wildman–Crippen LogP) is 5.55. The molecule has 0 bridgehead atoms. The van der Waals surface area contributed by atoms with E-state index in [4.69, 9.17) is 0 Å². The fourth-order valence-corrected chi connectivity index (χ4v) is 3.75. The van der Waals surface area contributed by atoms with E-state index in [1.54, 1.807) is 47.4 Å². The SMILES string of the molecule is O=C(Nc1ccc2c(c1)CCCN2C(=O)c1ccccc1)c1ccccc1C(F)(F)F. The van der Waals surface area contributed by atoms with E-state index in [1.807, 2.05) is 6.07 Å². The number of hydrogen-bond donors (Lipinski definition) is 1. The molecule has 0 radical (unpaired) electrons.